The van der Waals surface area contributed by atoms with E-state index in [9.17, 15) is 4.79 Å². The van der Waals surface area contributed by atoms with Crippen molar-refractivity contribution in [2.45, 2.75) is 0 Å². The van der Waals surface area contributed by atoms with Crippen LogP contribution in [0.2, 0.25) is 0 Å². The minimum absolute atomic E-state index is 0.00204. The van der Waals surface area contributed by atoms with Crippen molar-refractivity contribution in [3.05, 3.63) is 16.3 Å². The van der Waals surface area contributed by atoms with Gasteiger partial charge in [-0.2, -0.15) is 0 Å². The summed E-state index contributed by atoms with van der Waals surface area (Å²) in [5, 5.41) is 1.96. The summed E-state index contributed by atoms with van der Waals surface area (Å²) in [6.07, 6.45) is 1.54. The van der Waals surface area contributed by atoms with Crippen LogP contribution in [-0.4, -0.2) is 29.5 Å². The molecule has 0 fully saturated rings. The van der Waals surface area contributed by atoms with E-state index in [1.165, 1.54) is 4.90 Å². The second-order valence-electron chi connectivity index (χ2n) is 2.78. The molecule has 0 saturated carbocycles. The minimum Gasteiger partial charge on any atom is -0.272 e. The predicted octanol–water partition coefficient (Wildman–Crippen LogP) is 1.01. The normalized spacial score (nSPS) is 18.6. The Morgan fingerprint density at radius 2 is 2.46 bits per heavy atom. The Labute approximate surface area is 78.2 Å². The first-order valence-corrected chi connectivity index (χ1v) is 4.73. The molecule has 3 heterocycles. The highest BCUT2D eigenvalue weighted by molar-refractivity contribution is 7.12. The maximum atomic E-state index is 11.3. The first-order chi connectivity index (χ1) is 6.36. The van der Waals surface area contributed by atoms with Gasteiger partial charge >= 0.3 is 0 Å². The summed E-state index contributed by atoms with van der Waals surface area (Å²) in [5.41, 5.74) is 0.912. The van der Waals surface area contributed by atoms with Gasteiger partial charge in [0.1, 0.15) is 12.9 Å². The Kier molecular flexibility index (Phi) is 1.21. The number of carbonyl (C=O) groups excluding carboxylic acids is 1. The average Bonchev–Trinajstić information content (AvgIpc) is 2.70. The van der Waals surface area contributed by atoms with Gasteiger partial charge in [0, 0.05) is 0 Å². The maximum absolute atomic E-state index is 11.3. The number of hydrogen-bond donors (Lipinski definition) is 0. The van der Waals surface area contributed by atoms with E-state index in [0.29, 0.717) is 0 Å². The molecule has 2 aliphatic heterocycles. The van der Waals surface area contributed by atoms with E-state index < -0.39 is 0 Å². The van der Waals surface area contributed by atoms with Crippen molar-refractivity contribution in [2.75, 3.05) is 6.54 Å². The summed E-state index contributed by atoms with van der Waals surface area (Å²) in [7, 11) is 0. The van der Waals surface area contributed by atoms with E-state index in [4.69, 9.17) is 0 Å². The van der Waals surface area contributed by atoms with Crippen LogP contribution < -0.4 is 0 Å². The predicted molar refractivity (Wildman–Crippen MR) is 50.7 cm³/mol. The topological polar surface area (TPSA) is 45.0 Å². The fourth-order valence-electron chi connectivity index (χ4n) is 1.40. The third kappa shape index (κ3) is 0.818. The molecule has 0 saturated heterocycles. The molecule has 5 heteroatoms. The Morgan fingerprint density at radius 1 is 1.54 bits per heavy atom. The lowest BCUT2D eigenvalue weighted by atomic mass is 10.3. The lowest BCUT2D eigenvalue weighted by Gasteiger charge is -2.15. The van der Waals surface area contributed by atoms with Gasteiger partial charge in [-0.25, -0.2) is 4.99 Å². The molecule has 1 aromatic rings. The zero-order chi connectivity index (χ0) is 8.84. The SMILES string of the molecule is O=C1CN=C2c3sccc3N=CN12. The van der Waals surface area contributed by atoms with E-state index >= 15 is 0 Å². The van der Waals surface area contributed by atoms with Gasteiger partial charge in [-0.1, -0.05) is 0 Å². The number of amides is 1. The van der Waals surface area contributed by atoms with Gasteiger partial charge in [0.05, 0.1) is 10.6 Å². The third-order valence-electron chi connectivity index (χ3n) is 2.02. The molecule has 1 aromatic heterocycles. The molecular weight excluding hydrogens is 186 g/mol. The number of rotatable bonds is 0. The van der Waals surface area contributed by atoms with Gasteiger partial charge in [0.2, 0.25) is 0 Å². The molecule has 13 heavy (non-hydrogen) atoms. The van der Waals surface area contributed by atoms with Crippen LogP contribution in [0.5, 0.6) is 0 Å². The molecule has 0 bridgehead atoms. The van der Waals surface area contributed by atoms with E-state index in [-0.39, 0.29) is 12.5 Å². The van der Waals surface area contributed by atoms with E-state index in [1.54, 1.807) is 17.7 Å². The Morgan fingerprint density at radius 3 is 3.38 bits per heavy atom. The van der Waals surface area contributed by atoms with Crippen LogP contribution in [0.25, 0.3) is 0 Å². The van der Waals surface area contributed by atoms with E-state index in [1.807, 2.05) is 11.4 Å². The van der Waals surface area contributed by atoms with Gasteiger partial charge < -0.3 is 0 Å². The molecular formula is C8H5N3OS. The first-order valence-electron chi connectivity index (χ1n) is 3.85. The maximum Gasteiger partial charge on any atom is 0.255 e. The molecule has 2 aliphatic rings. The number of amidine groups is 1. The molecule has 1 amide bonds. The zero-order valence-electron chi connectivity index (χ0n) is 6.60. The molecule has 4 nitrogen and oxygen atoms in total. The third-order valence-corrected chi connectivity index (χ3v) is 2.92. The summed E-state index contributed by atoms with van der Waals surface area (Å²) in [6.45, 7) is 0.249. The molecule has 0 N–H and O–H groups in total. The van der Waals surface area contributed by atoms with Crippen molar-refractivity contribution in [3.8, 4) is 0 Å². The van der Waals surface area contributed by atoms with Gasteiger partial charge in [0.25, 0.3) is 5.91 Å². The summed E-state index contributed by atoms with van der Waals surface area (Å²) >= 11 is 1.57. The number of nitrogens with zero attached hydrogens (tertiary/aromatic N) is 3. The highest BCUT2D eigenvalue weighted by Crippen LogP contribution is 2.31. The van der Waals surface area contributed by atoms with Crippen molar-refractivity contribution in [1.82, 2.24) is 4.90 Å². The molecule has 0 atom stereocenters. The monoisotopic (exact) mass is 191 g/mol. The fourth-order valence-corrected chi connectivity index (χ4v) is 2.25. The molecule has 0 radical (unpaired) electrons. The number of thiophene rings is 1. The van der Waals surface area contributed by atoms with Crippen LogP contribution in [0.1, 0.15) is 4.88 Å². The van der Waals surface area contributed by atoms with Crippen molar-refractivity contribution in [2.24, 2.45) is 9.98 Å². The Hall–Kier alpha value is -1.49. The van der Waals surface area contributed by atoms with Crippen molar-refractivity contribution in [1.29, 1.82) is 0 Å². The Balaban J connectivity index is 2.22. The summed E-state index contributed by atoms with van der Waals surface area (Å²) < 4.78 is 0. The van der Waals surface area contributed by atoms with Gasteiger partial charge in [0.15, 0.2) is 5.84 Å². The number of hydrogen-bond acceptors (Lipinski definition) is 4. The summed E-state index contributed by atoms with van der Waals surface area (Å²) in [4.78, 5) is 22.1. The van der Waals surface area contributed by atoms with Crippen molar-refractivity contribution < 1.29 is 4.79 Å². The molecule has 0 aliphatic carbocycles. The number of fused-ring (bicyclic) bond motifs is 3. The summed E-state index contributed by atoms with van der Waals surface area (Å²) in [5.74, 6) is 0.753. The second kappa shape index (κ2) is 2.26. The molecule has 0 aromatic carbocycles. The van der Waals surface area contributed by atoms with E-state index in [2.05, 4.69) is 9.98 Å². The highest BCUT2D eigenvalue weighted by Gasteiger charge is 2.30. The van der Waals surface area contributed by atoms with Crippen LogP contribution in [0.4, 0.5) is 5.69 Å². The minimum atomic E-state index is -0.00204. The van der Waals surface area contributed by atoms with Crippen molar-refractivity contribution >= 4 is 35.1 Å². The largest absolute Gasteiger partial charge is 0.272 e. The quantitative estimate of drug-likeness (QED) is 0.603. The second-order valence-corrected chi connectivity index (χ2v) is 3.70. The molecule has 0 unspecified atom stereocenters. The van der Waals surface area contributed by atoms with Gasteiger partial charge in [-0.15, -0.1) is 11.3 Å². The zero-order valence-corrected chi connectivity index (χ0v) is 7.41. The molecule has 0 spiro atoms. The van der Waals surface area contributed by atoms with Crippen LogP contribution in [0, 0.1) is 0 Å². The van der Waals surface area contributed by atoms with Crippen LogP contribution in [0.3, 0.4) is 0 Å². The van der Waals surface area contributed by atoms with Crippen LogP contribution in [0.15, 0.2) is 21.4 Å². The van der Waals surface area contributed by atoms with Crippen molar-refractivity contribution in [3.63, 3.8) is 0 Å². The summed E-state index contributed by atoms with van der Waals surface area (Å²) in [6, 6.07) is 1.93. The highest BCUT2D eigenvalue weighted by atomic mass is 32.1. The van der Waals surface area contributed by atoms with E-state index in [0.717, 1.165) is 16.4 Å². The molecule has 3 rings (SSSR count). The standard InChI is InChI=1S/C8H5N3OS/c12-6-3-9-8-7-5(1-2-13-7)10-4-11(6)8/h1-2,4H,3H2. The van der Waals surface area contributed by atoms with Crippen LogP contribution in [-0.2, 0) is 4.79 Å². The average molecular weight is 191 g/mol. The van der Waals surface area contributed by atoms with Crippen LogP contribution >= 0.6 is 11.3 Å². The first kappa shape index (κ1) is 6.97. The lowest BCUT2D eigenvalue weighted by molar-refractivity contribution is -0.122. The fraction of sp³-hybridized carbons (Fsp3) is 0.125. The Bertz CT molecular complexity index is 446. The number of aliphatic imine (C=N–C) groups is 2. The lowest BCUT2D eigenvalue weighted by Crippen LogP contribution is -2.32. The van der Waals surface area contributed by atoms with Gasteiger partial charge in [-0.3, -0.25) is 14.7 Å². The smallest absolute Gasteiger partial charge is 0.255 e. The number of carbonyl (C=O) groups is 1. The van der Waals surface area contributed by atoms with Gasteiger partial charge in [-0.05, 0) is 11.4 Å². The molecule has 64 valence electrons.